The van der Waals surface area contributed by atoms with Gasteiger partial charge in [0.25, 0.3) is 0 Å². The van der Waals surface area contributed by atoms with Crippen LogP contribution in [0.25, 0.3) is 0 Å². The summed E-state index contributed by atoms with van der Waals surface area (Å²) < 4.78 is 0. The minimum Gasteiger partial charge on any atom is -0.355 e. The second-order valence-electron chi connectivity index (χ2n) is 4.83. The number of nitrogens with one attached hydrogen (secondary N) is 1. The van der Waals surface area contributed by atoms with E-state index in [2.05, 4.69) is 20.2 Å². The Labute approximate surface area is 113 Å². The Bertz CT molecular complexity index is 437. The van der Waals surface area contributed by atoms with Crippen molar-refractivity contribution in [2.75, 3.05) is 31.1 Å². The van der Waals surface area contributed by atoms with Crippen LogP contribution in [0.3, 0.4) is 0 Å². The Balaban J connectivity index is 2.01. The zero-order chi connectivity index (χ0) is 13.7. The third-order valence-corrected chi connectivity index (χ3v) is 3.39. The van der Waals surface area contributed by atoms with E-state index in [1.807, 2.05) is 6.92 Å². The zero-order valence-corrected chi connectivity index (χ0v) is 11.3. The van der Waals surface area contributed by atoms with Crippen molar-refractivity contribution in [1.29, 1.82) is 0 Å². The second-order valence-corrected chi connectivity index (χ2v) is 4.83. The number of anilines is 1. The fourth-order valence-electron chi connectivity index (χ4n) is 2.43. The highest BCUT2D eigenvalue weighted by Gasteiger charge is 2.26. The van der Waals surface area contributed by atoms with Crippen LogP contribution >= 0.6 is 0 Å². The lowest BCUT2D eigenvalue weighted by Crippen LogP contribution is -2.44. The predicted octanol–water partition coefficient (Wildman–Crippen LogP) is 0.0763. The Kier molecular flexibility index (Phi) is 4.68. The molecule has 6 heteroatoms. The number of hydrogen-bond acceptors (Lipinski definition) is 5. The van der Waals surface area contributed by atoms with Gasteiger partial charge in [0.05, 0.1) is 11.6 Å². The maximum absolute atomic E-state index is 12.0. The first kappa shape index (κ1) is 13.7. The van der Waals surface area contributed by atoms with Gasteiger partial charge in [0.2, 0.25) is 5.91 Å². The van der Waals surface area contributed by atoms with Crippen LogP contribution in [-0.2, 0) is 4.79 Å². The van der Waals surface area contributed by atoms with Crippen LogP contribution in [0, 0.1) is 12.8 Å². The Morgan fingerprint density at radius 1 is 1.53 bits per heavy atom. The maximum Gasteiger partial charge on any atom is 0.224 e. The lowest BCUT2D eigenvalue weighted by Gasteiger charge is -2.33. The lowest BCUT2D eigenvalue weighted by molar-refractivity contribution is -0.125. The molecule has 0 spiro atoms. The lowest BCUT2D eigenvalue weighted by atomic mass is 9.97. The van der Waals surface area contributed by atoms with Gasteiger partial charge in [-0.3, -0.25) is 9.78 Å². The van der Waals surface area contributed by atoms with E-state index in [0.717, 1.165) is 30.9 Å². The molecule has 0 aliphatic carbocycles. The summed E-state index contributed by atoms with van der Waals surface area (Å²) in [5.74, 6) is 0.997. The van der Waals surface area contributed by atoms with Gasteiger partial charge in [0.1, 0.15) is 5.82 Å². The smallest absolute Gasteiger partial charge is 0.224 e. The number of rotatable bonds is 4. The Morgan fingerprint density at radius 3 is 3.05 bits per heavy atom. The molecule has 3 N–H and O–H groups in total. The van der Waals surface area contributed by atoms with Gasteiger partial charge in [-0.05, 0) is 19.8 Å². The van der Waals surface area contributed by atoms with Gasteiger partial charge >= 0.3 is 0 Å². The largest absolute Gasteiger partial charge is 0.355 e. The highest BCUT2D eigenvalue weighted by molar-refractivity contribution is 5.79. The summed E-state index contributed by atoms with van der Waals surface area (Å²) in [4.78, 5) is 22.8. The molecule has 0 bridgehead atoms. The van der Waals surface area contributed by atoms with Gasteiger partial charge in [-0.1, -0.05) is 0 Å². The highest BCUT2D eigenvalue weighted by Crippen LogP contribution is 2.23. The van der Waals surface area contributed by atoms with E-state index in [1.54, 1.807) is 12.4 Å². The highest BCUT2D eigenvalue weighted by atomic mass is 16.1. The minimum atomic E-state index is 0.0155. The van der Waals surface area contributed by atoms with Gasteiger partial charge in [-0.15, -0.1) is 0 Å². The summed E-state index contributed by atoms with van der Waals surface area (Å²) >= 11 is 0. The topological polar surface area (TPSA) is 84.1 Å². The molecule has 0 aromatic carbocycles. The van der Waals surface area contributed by atoms with Gasteiger partial charge in [-0.2, -0.15) is 0 Å². The molecule has 1 aliphatic heterocycles. The zero-order valence-electron chi connectivity index (χ0n) is 11.3. The molecule has 0 radical (unpaired) electrons. The van der Waals surface area contributed by atoms with E-state index < -0.39 is 0 Å². The van der Waals surface area contributed by atoms with Crippen LogP contribution in [0.1, 0.15) is 18.5 Å². The summed E-state index contributed by atoms with van der Waals surface area (Å²) in [7, 11) is 0. The van der Waals surface area contributed by atoms with Crippen molar-refractivity contribution in [3.63, 3.8) is 0 Å². The van der Waals surface area contributed by atoms with Crippen molar-refractivity contribution in [3.8, 4) is 0 Å². The van der Waals surface area contributed by atoms with Crippen molar-refractivity contribution >= 4 is 11.7 Å². The average molecular weight is 263 g/mol. The van der Waals surface area contributed by atoms with Crippen molar-refractivity contribution in [2.24, 2.45) is 11.7 Å². The predicted molar refractivity (Wildman–Crippen MR) is 73.8 cm³/mol. The van der Waals surface area contributed by atoms with Crippen molar-refractivity contribution in [2.45, 2.75) is 19.8 Å². The molecule has 19 heavy (non-hydrogen) atoms. The van der Waals surface area contributed by atoms with Crippen LogP contribution in [-0.4, -0.2) is 42.1 Å². The Morgan fingerprint density at radius 2 is 2.32 bits per heavy atom. The number of carbonyl (C=O) groups excluding carboxylic acids is 1. The molecular formula is C13H21N5O. The number of nitrogens with zero attached hydrogens (tertiary/aromatic N) is 3. The van der Waals surface area contributed by atoms with E-state index in [4.69, 9.17) is 5.73 Å². The number of nitrogens with two attached hydrogens (primary N) is 1. The van der Waals surface area contributed by atoms with E-state index in [-0.39, 0.29) is 11.8 Å². The van der Waals surface area contributed by atoms with Crippen LogP contribution in [0.4, 0.5) is 5.82 Å². The minimum absolute atomic E-state index is 0.0155. The van der Waals surface area contributed by atoms with E-state index in [1.165, 1.54) is 0 Å². The monoisotopic (exact) mass is 263 g/mol. The molecule has 1 aromatic rings. The summed E-state index contributed by atoms with van der Waals surface area (Å²) in [6.45, 7) is 4.60. The normalized spacial score (nSPS) is 19.3. The number of piperidine rings is 1. The molecule has 1 amide bonds. The third kappa shape index (κ3) is 3.41. The van der Waals surface area contributed by atoms with Crippen LogP contribution < -0.4 is 16.0 Å². The number of hydrogen-bond donors (Lipinski definition) is 2. The summed E-state index contributed by atoms with van der Waals surface area (Å²) in [5.41, 5.74) is 6.31. The van der Waals surface area contributed by atoms with Crippen LogP contribution in [0.15, 0.2) is 12.4 Å². The SMILES string of the molecule is Cc1nccnc1N1CCCC(C(=O)NCCN)C1. The quantitative estimate of drug-likeness (QED) is 0.803. The van der Waals surface area contributed by atoms with Crippen molar-refractivity contribution in [1.82, 2.24) is 15.3 Å². The molecule has 1 atom stereocenters. The first-order valence-corrected chi connectivity index (χ1v) is 6.72. The maximum atomic E-state index is 12.0. The first-order valence-electron chi connectivity index (χ1n) is 6.72. The average Bonchev–Trinajstić information content (AvgIpc) is 2.45. The fourth-order valence-corrected chi connectivity index (χ4v) is 2.43. The molecular weight excluding hydrogens is 242 g/mol. The molecule has 6 nitrogen and oxygen atoms in total. The fraction of sp³-hybridized carbons (Fsp3) is 0.615. The molecule has 2 rings (SSSR count). The molecule has 1 fully saturated rings. The van der Waals surface area contributed by atoms with Crippen molar-refractivity contribution < 1.29 is 4.79 Å². The van der Waals surface area contributed by atoms with Gasteiger partial charge in [-0.25, -0.2) is 4.98 Å². The summed E-state index contributed by atoms with van der Waals surface area (Å²) in [6.07, 6.45) is 5.30. The molecule has 2 heterocycles. The third-order valence-electron chi connectivity index (χ3n) is 3.39. The molecule has 1 unspecified atom stereocenters. The molecule has 1 saturated heterocycles. The van der Waals surface area contributed by atoms with E-state index in [0.29, 0.717) is 19.6 Å². The van der Waals surface area contributed by atoms with E-state index in [9.17, 15) is 4.79 Å². The number of carbonyl (C=O) groups is 1. The second kappa shape index (κ2) is 6.47. The first-order chi connectivity index (χ1) is 9.22. The van der Waals surface area contributed by atoms with Gasteiger partial charge in [0, 0.05) is 38.6 Å². The molecule has 1 aliphatic rings. The molecule has 1 aromatic heterocycles. The summed E-state index contributed by atoms with van der Waals surface area (Å²) in [6, 6.07) is 0. The van der Waals surface area contributed by atoms with Crippen molar-refractivity contribution in [3.05, 3.63) is 18.1 Å². The number of amides is 1. The van der Waals surface area contributed by atoms with E-state index >= 15 is 0 Å². The van der Waals surface area contributed by atoms with Gasteiger partial charge < -0.3 is 16.0 Å². The number of aryl methyl sites for hydroxylation is 1. The Hall–Kier alpha value is -1.69. The van der Waals surface area contributed by atoms with Crippen LogP contribution in [0.5, 0.6) is 0 Å². The standard InChI is InChI=1S/C13H21N5O/c1-10-12(16-7-6-15-10)18-8-2-3-11(9-18)13(19)17-5-4-14/h6-7,11H,2-5,8-9,14H2,1H3,(H,17,19). The number of aromatic nitrogens is 2. The molecule has 0 saturated carbocycles. The van der Waals surface area contributed by atoms with Gasteiger partial charge in [0.15, 0.2) is 0 Å². The summed E-state index contributed by atoms with van der Waals surface area (Å²) in [5, 5.41) is 2.86. The molecule has 104 valence electrons. The van der Waals surface area contributed by atoms with Crippen LogP contribution in [0.2, 0.25) is 0 Å².